The van der Waals surface area contributed by atoms with Crippen LogP contribution in [0, 0.1) is 12.7 Å². The fourth-order valence-electron chi connectivity index (χ4n) is 3.15. The van der Waals surface area contributed by atoms with Crippen molar-refractivity contribution in [3.05, 3.63) is 83.2 Å². The topological polar surface area (TPSA) is 84.5 Å². The first-order valence-electron chi connectivity index (χ1n) is 9.62. The Hall–Kier alpha value is -3.39. The molecule has 31 heavy (non-hydrogen) atoms. The first kappa shape index (κ1) is 22.3. The molecule has 0 aliphatic heterocycles. The lowest BCUT2D eigenvalue weighted by Gasteiger charge is -2.16. The van der Waals surface area contributed by atoms with Gasteiger partial charge in [0.15, 0.2) is 0 Å². The fraction of sp³-hybridized carbons (Fsp3) is 0.174. The molecule has 0 radical (unpaired) electrons. The maximum atomic E-state index is 13.9. The molecule has 0 saturated carbocycles. The molecule has 3 rings (SSSR count). The van der Waals surface area contributed by atoms with Crippen LogP contribution in [0.5, 0.6) is 5.75 Å². The molecule has 0 saturated heterocycles. The highest BCUT2D eigenvalue weighted by atomic mass is 32.2. The summed E-state index contributed by atoms with van der Waals surface area (Å²) in [5.41, 5.74) is 2.13. The quantitative estimate of drug-likeness (QED) is 0.553. The van der Waals surface area contributed by atoms with Crippen molar-refractivity contribution in [3.63, 3.8) is 0 Å². The Labute approximate surface area is 181 Å². The molecule has 0 bridgehead atoms. The molecule has 0 aliphatic carbocycles. The monoisotopic (exact) mass is 442 g/mol. The van der Waals surface area contributed by atoms with Crippen LogP contribution in [0.15, 0.2) is 65.6 Å². The maximum absolute atomic E-state index is 13.9. The first-order chi connectivity index (χ1) is 14.8. The smallest absolute Gasteiger partial charge is 0.261 e. The minimum atomic E-state index is -3.96. The van der Waals surface area contributed by atoms with E-state index in [0.29, 0.717) is 12.1 Å². The molecule has 3 aromatic rings. The van der Waals surface area contributed by atoms with Gasteiger partial charge in [-0.25, -0.2) is 12.8 Å². The lowest BCUT2D eigenvalue weighted by atomic mass is 10.1. The van der Waals surface area contributed by atoms with Crippen LogP contribution in [0.3, 0.4) is 0 Å². The highest BCUT2D eigenvalue weighted by Gasteiger charge is 2.20. The van der Waals surface area contributed by atoms with Gasteiger partial charge in [-0.1, -0.05) is 37.3 Å². The Morgan fingerprint density at radius 3 is 2.48 bits per heavy atom. The SMILES string of the molecule is CCc1cccc(C)c1NS(=O)(=O)c1ccc(OC)c(NC(=O)c2ccccc2F)c1. The summed E-state index contributed by atoms with van der Waals surface area (Å²) in [6, 6.07) is 15.2. The number of hydrogen-bond donors (Lipinski definition) is 2. The zero-order valence-electron chi connectivity index (χ0n) is 17.4. The number of ether oxygens (including phenoxy) is 1. The predicted octanol–water partition coefficient (Wildman–Crippen LogP) is 4.76. The summed E-state index contributed by atoms with van der Waals surface area (Å²) in [4.78, 5) is 12.4. The Balaban J connectivity index is 1.96. The lowest BCUT2D eigenvalue weighted by molar-refractivity contribution is 0.102. The summed E-state index contributed by atoms with van der Waals surface area (Å²) in [6.45, 7) is 3.77. The van der Waals surface area contributed by atoms with Crippen LogP contribution in [0.2, 0.25) is 0 Å². The van der Waals surface area contributed by atoms with Gasteiger partial charge in [0.25, 0.3) is 15.9 Å². The normalized spacial score (nSPS) is 11.1. The van der Waals surface area contributed by atoms with Crippen LogP contribution in [0.1, 0.15) is 28.4 Å². The third kappa shape index (κ3) is 4.86. The summed E-state index contributed by atoms with van der Waals surface area (Å²) < 4.78 is 47.9. The van der Waals surface area contributed by atoms with Gasteiger partial charge in [-0.15, -0.1) is 0 Å². The summed E-state index contributed by atoms with van der Waals surface area (Å²) in [7, 11) is -2.57. The average molecular weight is 443 g/mol. The Morgan fingerprint density at radius 2 is 1.81 bits per heavy atom. The number of sulfonamides is 1. The third-order valence-corrected chi connectivity index (χ3v) is 6.17. The van der Waals surface area contributed by atoms with Crippen LogP contribution >= 0.6 is 0 Å². The van der Waals surface area contributed by atoms with Crippen LogP contribution in [-0.4, -0.2) is 21.4 Å². The molecule has 0 fully saturated rings. The highest BCUT2D eigenvalue weighted by molar-refractivity contribution is 7.92. The van der Waals surface area contributed by atoms with Crippen LogP contribution in [0.4, 0.5) is 15.8 Å². The van der Waals surface area contributed by atoms with Crippen molar-refractivity contribution < 1.29 is 22.3 Å². The molecular formula is C23H23FN2O4S. The molecular weight excluding hydrogens is 419 g/mol. The summed E-state index contributed by atoms with van der Waals surface area (Å²) in [5.74, 6) is -1.16. The van der Waals surface area contributed by atoms with E-state index in [1.165, 1.54) is 49.6 Å². The van der Waals surface area contributed by atoms with Gasteiger partial charge < -0.3 is 10.1 Å². The molecule has 8 heteroatoms. The van der Waals surface area contributed by atoms with Crippen molar-refractivity contribution in [1.29, 1.82) is 0 Å². The Morgan fingerprint density at radius 1 is 1.06 bits per heavy atom. The minimum absolute atomic E-state index is 0.0672. The van der Waals surface area contributed by atoms with E-state index in [9.17, 15) is 17.6 Å². The standard InChI is InChI=1S/C23H23FN2O4S/c1-4-16-9-7-8-15(2)22(16)26-31(28,29)17-12-13-21(30-3)20(14-17)25-23(27)18-10-5-6-11-19(18)24/h5-14,26H,4H2,1-3H3,(H,25,27). The fourth-order valence-corrected chi connectivity index (χ4v) is 4.35. The van der Waals surface area contributed by atoms with Gasteiger partial charge >= 0.3 is 0 Å². The zero-order valence-corrected chi connectivity index (χ0v) is 18.2. The largest absolute Gasteiger partial charge is 0.495 e. The number of carbonyl (C=O) groups excluding carboxylic acids is 1. The van der Waals surface area contributed by atoms with Gasteiger partial charge in [0.05, 0.1) is 28.9 Å². The van der Waals surface area contributed by atoms with Crippen molar-refractivity contribution >= 4 is 27.3 Å². The van der Waals surface area contributed by atoms with Crippen LogP contribution in [0.25, 0.3) is 0 Å². The molecule has 0 atom stereocenters. The number of benzene rings is 3. The number of amides is 1. The first-order valence-corrected chi connectivity index (χ1v) is 11.1. The molecule has 0 heterocycles. The van der Waals surface area contributed by atoms with Crippen LogP contribution < -0.4 is 14.8 Å². The molecule has 3 aromatic carbocycles. The van der Waals surface area contributed by atoms with Crippen LogP contribution in [-0.2, 0) is 16.4 Å². The van der Waals surface area contributed by atoms with Crippen molar-refractivity contribution in [3.8, 4) is 5.75 Å². The van der Waals surface area contributed by atoms with Gasteiger partial charge in [0.2, 0.25) is 0 Å². The molecule has 0 spiro atoms. The van der Waals surface area contributed by atoms with E-state index in [1.807, 2.05) is 32.0 Å². The second kappa shape index (κ2) is 9.18. The Kier molecular flexibility index (Phi) is 6.60. The van der Waals surface area contributed by atoms with E-state index < -0.39 is 21.7 Å². The molecule has 1 amide bonds. The number of nitrogens with one attached hydrogen (secondary N) is 2. The van der Waals surface area contributed by atoms with E-state index in [0.717, 1.165) is 11.1 Å². The average Bonchev–Trinajstić information content (AvgIpc) is 2.75. The van der Waals surface area contributed by atoms with E-state index in [-0.39, 0.29) is 21.9 Å². The van der Waals surface area contributed by atoms with Gasteiger partial charge in [-0.2, -0.15) is 0 Å². The number of anilines is 2. The molecule has 2 N–H and O–H groups in total. The number of para-hydroxylation sites is 1. The summed E-state index contributed by atoms with van der Waals surface area (Å²) >= 11 is 0. The highest BCUT2D eigenvalue weighted by Crippen LogP contribution is 2.30. The van der Waals surface area contributed by atoms with E-state index in [1.54, 1.807) is 0 Å². The number of hydrogen-bond acceptors (Lipinski definition) is 4. The Bertz CT molecular complexity index is 1230. The zero-order chi connectivity index (χ0) is 22.6. The van der Waals surface area contributed by atoms with Gasteiger partial charge in [0.1, 0.15) is 11.6 Å². The third-order valence-electron chi connectivity index (χ3n) is 4.82. The molecule has 0 unspecified atom stereocenters. The van der Waals surface area contributed by atoms with Crippen molar-refractivity contribution in [2.24, 2.45) is 0 Å². The molecule has 0 aromatic heterocycles. The number of rotatable bonds is 7. The number of aryl methyl sites for hydroxylation is 2. The summed E-state index contributed by atoms with van der Waals surface area (Å²) in [5, 5.41) is 2.53. The van der Waals surface area contributed by atoms with Crippen molar-refractivity contribution in [1.82, 2.24) is 0 Å². The molecule has 162 valence electrons. The van der Waals surface area contributed by atoms with Gasteiger partial charge in [-0.3, -0.25) is 9.52 Å². The number of carbonyl (C=O) groups is 1. The lowest BCUT2D eigenvalue weighted by Crippen LogP contribution is -2.17. The molecule has 0 aliphatic rings. The second-order valence-corrected chi connectivity index (χ2v) is 8.55. The number of halogens is 1. The van der Waals surface area contributed by atoms with Gasteiger partial charge in [0, 0.05) is 0 Å². The molecule has 6 nitrogen and oxygen atoms in total. The minimum Gasteiger partial charge on any atom is -0.495 e. The van der Waals surface area contributed by atoms with E-state index in [2.05, 4.69) is 10.0 Å². The van der Waals surface area contributed by atoms with Crippen molar-refractivity contribution in [2.45, 2.75) is 25.2 Å². The second-order valence-electron chi connectivity index (χ2n) is 6.86. The maximum Gasteiger partial charge on any atom is 0.261 e. The van der Waals surface area contributed by atoms with E-state index in [4.69, 9.17) is 4.74 Å². The van der Waals surface area contributed by atoms with Crippen molar-refractivity contribution in [2.75, 3.05) is 17.1 Å². The van der Waals surface area contributed by atoms with E-state index >= 15 is 0 Å². The number of methoxy groups -OCH3 is 1. The predicted molar refractivity (Wildman–Crippen MR) is 119 cm³/mol. The summed E-state index contributed by atoms with van der Waals surface area (Å²) in [6.07, 6.45) is 0.659. The van der Waals surface area contributed by atoms with Gasteiger partial charge in [-0.05, 0) is 54.8 Å².